The van der Waals surface area contributed by atoms with Crippen LogP contribution in [-0.4, -0.2) is 25.7 Å². The summed E-state index contributed by atoms with van der Waals surface area (Å²) < 4.78 is 8.34. The lowest BCUT2D eigenvalue weighted by Gasteiger charge is -2.10. The average molecular weight is 502 g/mol. The van der Waals surface area contributed by atoms with Crippen LogP contribution in [-0.2, 0) is 0 Å². The Morgan fingerprint density at radius 2 is 1.79 bits per heavy atom. The van der Waals surface area contributed by atoms with Gasteiger partial charge in [-0.05, 0) is 60.7 Å². The van der Waals surface area contributed by atoms with Crippen molar-refractivity contribution in [1.82, 2.24) is 19.7 Å². The van der Waals surface area contributed by atoms with E-state index in [1.54, 1.807) is 42.7 Å². The zero-order valence-electron chi connectivity index (χ0n) is 17.0. The van der Waals surface area contributed by atoms with Crippen LogP contribution in [0.15, 0.2) is 94.6 Å². The maximum absolute atomic E-state index is 12.7. The van der Waals surface area contributed by atoms with Crippen molar-refractivity contribution >= 4 is 38.6 Å². The highest BCUT2D eigenvalue weighted by Crippen LogP contribution is 2.28. The van der Waals surface area contributed by atoms with Gasteiger partial charge < -0.3 is 15.0 Å². The molecule has 2 aromatic carbocycles. The smallest absolute Gasteiger partial charge is 0.280 e. The van der Waals surface area contributed by atoms with E-state index in [-0.39, 0.29) is 5.69 Å². The highest BCUT2D eigenvalue weighted by Gasteiger charge is 2.14. The minimum atomic E-state index is -0.594. The number of nitrogens with zero attached hydrogens (tertiary/aromatic N) is 3. The lowest BCUT2D eigenvalue weighted by Crippen LogP contribution is -2.25. The van der Waals surface area contributed by atoms with Crippen molar-refractivity contribution in [1.29, 1.82) is 0 Å². The van der Waals surface area contributed by atoms with Crippen LogP contribution in [0.25, 0.3) is 16.7 Å². The topological polar surface area (TPSA) is 102 Å². The average Bonchev–Trinajstić information content (AvgIpc) is 3.31. The number of fused-ring (bicyclic) bond motifs is 1. The van der Waals surface area contributed by atoms with Crippen molar-refractivity contribution in [2.75, 3.05) is 5.32 Å². The van der Waals surface area contributed by atoms with Crippen LogP contribution in [0.5, 0.6) is 11.5 Å². The van der Waals surface area contributed by atoms with Gasteiger partial charge in [-0.25, -0.2) is 9.67 Å². The first-order chi connectivity index (χ1) is 16.1. The first-order valence-corrected chi connectivity index (χ1v) is 10.7. The van der Waals surface area contributed by atoms with Gasteiger partial charge in [-0.2, -0.15) is 5.10 Å². The molecule has 0 unspecified atom stereocenters. The Hall–Kier alpha value is -4.24. The number of hydrogen-bond acceptors (Lipinski definition) is 5. The van der Waals surface area contributed by atoms with Gasteiger partial charge in [-0.15, -0.1) is 0 Å². The molecular weight excluding hydrogens is 486 g/mol. The second kappa shape index (κ2) is 8.71. The molecular formula is C24H16BrN5O3. The molecule has 0 aliphatic rings. The van der Waals surface area contributed by atoms with Crippen LogP contribution < -0.4 is 15.5 Å². The van der Waals surface area contributed by atoms with Crippen molar-refractivity contribution in [2.45, 2.75) is 0 Å². The van der Waals surface area contributed by atoms with Gasteiger partial charge in [0, 0.05) is 34.8 Å². The van der Waals surface area contributed by atoms with Crippen LogP contribution in [0.1, 0.15) is 10.5 Å². The maximum Gasteiger partial charge on any atom is 0.280 e. The summed E-state index contributed by atoms with van der Waals surface area (Å²) in [4.78, 5) is 32.3. The number of anilines is 1. The third kappa shape index (κ3) is 4.39. The van der Waals surface area contributed by atoms with Gasteiger partial charge >= 0.3 is 0 Å². The largest absolute Gasteiger partial charge is 0.457 e. The number of benzene rings is 2. The molecule has 2 N–H and O–H groups in total. The first-order valence-electron chi connectivity index (χ1n) is 9.94. The zero-order chi connectivity index (χ0) is 22.8. The van der Waals surface area contributed by atoms with Gasteiger partial charge in [0.1, 0.15) is 17.1 Å². The predicted octanol–water partition coefficient (Wildman–Crippen LogP) is 4.92. The number of halogens is 1. The predicted molar refractivity (Wildman–Crippen MR) is 128 cm³/mol. The minimum absolute atomic E-state index is 0.201. The fraction of sp³-hybridized carbons (Fsp3) is 0. The second-order valence-electron chi connectivity index (χ2n) is 7.08. The second-order valence-corrected chi connectivity index (χ2v) is 7.99. The first kappa shape index (κ1) is 20.7. The SMILES string of the molecule is O=C(Nc1ccc(Oc2ccnc3[nH]ccc23)cc1)c1nn(-c2ccc(Br)cc2)ccc1=O. The summed E-state index contributed by atoms with van der Waals surface area (Å²) in [7, 11) is 0. The van der Waals surface area contributed by atoms with Crippen LogP contribution in [0, 0.1) is 0 Å². The molecule has 3 heterocycles. The van der Waals surface area contributed by atoms with Crippen molar-refractivity contribution in [2.24, 2.45) is 0 Å². The van der Waals surface area contributed by atoms with Crippen LogP contribution in [0.4, 0.5) is 5.69 Å². The zero-order valence-corrected chi connectivity index (χ0v) is 18.6. The molecule has 33 heavy (non-hydrogen) atoms. The molecule has 0 atom stereocenters. The third-order valence-corrected chi connectivity index (χ3v) is 5.40. The summed E-state index contributed by atoms with van der Waals surface area (Å²) in [6.45, 7) is 0. The number of rotatable bonds is 5. The normalized spacial score (nSPS) is 10.8. The molecule has 0 saturated carbocycles. The number of amides is 1. The van der Waals surface area contributed by atoms with E-state index in [0.717, 1.165) is 21.2 Å². The monoisotopic (exact) mass is 501 g/mol. The number of aromatic amines is 1. The van der Waals surface area contributed by atoms with E-state index >= 15 is 0 Å². The Morgan fingerprint density at radius 3 is 2.58 bits per heavy atom. The number of carbonyl (C=O) groups excluding carboxylic acids is 1. The maximum atomic E-state index is 12.7. The van der Waals surface area contributed by atoms with Gasteiger partial charge in [-0.1, -0.05) is 15.9 Å². The third-order valence-electron chi connectivity index (χ3n) is 4.87. The Labute approximate surface area is 196 Å². The van der Waals surface area contributed by atoms with Gasteiger partial charge in [-0.3, -0.25) is 9.59 Å². The van der Waals surface area contributed by atoms with Gasteiger partial charge in [0.15, 0.2) is 5.69 Å². The number of carbonyl (C=O) groups is 1. The Morgan fingerprint density at radius 1 is 1.00 bits per heavy atom. The fourth-order valence-electron chi connectivity index (χ4n) is 3.25. The lowest BCUT2D eigenvalue weighted by molar-refractivity contribution is 0.101. The van der Waals surface area contributed by atoms with Crippen LogP contribution >= 0.6 is 15.9 Å². The number of pyridine rings is 1. The summed E-state index contributed by atoms with van der Waals surface area (Å²) in [5.41, 5.74) is 1.30. The van der Waals surface area contributed by atoms with Crippen LogP contribution in [0.2, 0.25) is 0 Å². The van der Waals surface area contributed by atoms with E-state index < -0.39 is 11.3 Å². The summed E-state index contributed by atoms with van der Waals surface area (Å²) >= 11 is 3.38. The molecule has 5 rings (SSSR count). The molecule has 5 aromatic rings. The molecule has 0 spiro atoms. The van der Waals surface area contributed by atoms with Gasteiger partial charge in [0.05, 0.1) is 11.1 Å². The molecule has 0 bridgehead atoms. The molecule has 3 aromatic heterocycles. The van der Waals surface area contributed by atoms with Crippen molar-refractivity contribution in [3.8, 4) is 17.2 Å². The molecule has 0 aliphatic carbocycles. The molecule has 162 valence electrons. The van der Waals surface area contributed by atoms with E-state index in [9.17, 15) is 9.59 Å². The van der Waals surface area contributed by atoms with Crippen molar-refractivity contribution < 1.29 is 9.53 Å². The van der Waals surface area contributed by atoms with E-state index in [1.165, 1.54) is 16.9 Å². The number of H-pyrrole nitrogens is 1. The summed E-state index contributed by atoms with van der Waals surface area (Å²) in [5.74, 6) is 0.667. The van der Waals surface area contributed by atoms with Crippen LogP contribution in [0.3, 0.4) is 0 Å². The highest BCUT2D eigenvalue weighted by atomic mass is 79.9. The molecule has 0 fully saturated rings. The summed E-state index contributed by atoms with van der Waals surface area (Å²) in [5, 5.41) is 7.79. The Kier molecular flexibility index (Phi) is 5.45. The standard InChI is InChI=1S/C24H16BrN5O3/c25-15-1-5-17(6-2-15)30-14-11-20(31)22(29-30)24(32)28-16-3-7-18(8-4-16)33-21-10-13-27-23-19(21)9-12-26-23/h1-14H,(H,26,27)(H,28,32). The molecule has 1 amide bonds. The summed E-state index contributed by atoms with van der Waals surface area (Å²) in [6, 6.07) is 19.2. The highest BCUT2D eigenvalue weighted by molar-refractivity contribution is 9.10. The number of hydrogen-bond donors (Lipinski definition) is 2. The number of ether oxygens (including phenoxy) is 1. The Bertz CT molecular complexity index is 1510. The molecule has 0 aliphatic heterocycles. The lowest BCUT2D eigenvalue weighted by atomic mass is 10.2. The quantitative estimate of drug-likeness (QED) is 0.356. The van der Waals surface area contributed by atoms with Gasteiger partial charge in [0.2, 0.25) is 5.43 Å². The van der Waals surface area contributed by atoms with Crippen molar-refractivity contribution in [3.05, 3.63) is 106 Å². The molecule has 0 radical (unpaired) electrons. The minimum Gasteiger partial charge on any atom is -0.457 e. The number of aromatic nitrogens is 4. The van der Waals surface area contributed by atoms with Crippen molar-refractivity contribution in [3.63, 3.8) is 0 Å². The van der Waals surface area contributed by atoms with E-state index in [0.29, 0.717) is 17.2 Å². The van der Waals surface area contributed by atoms with E-state index in [1.807, 2.05) is 30.3 Å². The summed E-state index contributed by atoms with van der Waals surface area (Å²) in [6.07, 6.45) is 4.98. The molecule has 8 nitrogen and oxygen atoms in total. The molecule has 9 heteroatoms. The Balaban J connectivity index is 1.33. The fourth-order valence-corrected chi connectivity index (χ4v) is 3.51. The van der Waals surface area contributed by atoms with E-state index in [2.05, 4.69) is 36.3 Å². The van der Waals surface area contributed by atoms with E-state index in [4.69, 9.17) is 4.74 Å². The molecule has 0 saturated heterocycles. The van der Waals surface area contributed by atoms with Gasteiger partial charge in [0.25, 0.3) is 5.91 Å². The number of nitrogens with one attached hydrogen (secondary N) is 2.